The lowest BCUT2D eigenvalue weighted by molar-refractivity contribution is -0.137. The van der Waals surface area contributed by atoms with E-state index in [1.807, 2.05) is 0 Å². The van der Waals surface area contributed by atoms with Crippen molar-refractivity contribution in [2.45, 2.75) is 12.6 Å². The molecule has 0 unspecified atom stereocenters. The molecule has 0 spiro atoms. The summed E-state index contributed by atoms with van der Waals surface area (Å²) in [6, 6.07) is 1.85. The highest BCUT2D eigenvalue weighted by molar-refractivity contribution is 6.18. The molecule has 0 N–H and O–H groups in total. The van der Waals surface area contributed by atoms with E-state index in [2.05, 4.69) is 4.98 Å². The molecule has 0 fully saturated rings. The van der Waals surface area contributed by atoms with E-state index in [1.54, 1.807) is 0 Å². The molecular weight excluding hydrogens is 279 g/mol. The summed E-state index contributed by atoms with van der Waals surface area (Å²) < 4.78 is 61.4. The van der Waals surface area contributed by atoms with Crippen LogP contribution in [0.1, 0.15) is 5.56 Å². The van der Waals surface area contributed by atoms with Gasteiger partial charge in [0.1, 0.15) is 5.82 Å². The van der Waals surface area contributed by atoms with Gasteiger partial charge in [-0.3, -0.25) is 0 Å². The van der Waals surface area contributed by atoms with E-state index in [9.17, 15) is 22.0 Å². The topological polar surface area (TPSA) is 16.1 Å². The van der Waals surface area contributed by atoms with Crippen molar-refractivity contribution in [3.63, 3.8) is 0 Å². The van der Waals surface area contributed by atoms with Gasteiger partial charge in [0.25, 0.3) is 6.43 Å². The molecule has 0 aliphatic rings. The van der Waals surface area contributed by atoms with Gasteiger partial charge in [-0.25, -0.2) is 13.8 Å². The Morgan fingerprint density at radius 2 is 1.94 bits per heavy atom. The number of pyridine rings is 1. The lowest BCUT2D eigenvalue weighted by Crippen LogP contribution is -2.31. The minimum absolute atomic E-state index is 0.0453. The molecule has 1 aromatic rings. The van der Waals surface area contributed by atoms with Crippen LogP contribution in [0.25, 0.3) is 0 Å². The van der Waals surface area contributed by atoms with Crippen molar-refractivity contribution in [2.24, 2.45) is 0 Å². The average Bonchev–Trinajstić information content (AvgIpc) is 2.27. The maximum atomic E-state index is 12.3. The summed E-state index contributed by atoms with van der Waals surface area (Å²) >= 11 is 5.44. The Labute approximate surface area is 105 Å². The van der Waals surface area contributed by atoms with Crippen LogP contribution in [0.5, 0.6) is 0 Å². The fourth-order valence-electron chi connectivity index (χ4n) is 1.31. The molecule has 102 valence electrons. The van der Waals surface area contributed by atoms with Gasteiger partial charge in [-0.2, -0.15) is 13.2 Å². The molecule has 0 aliphatic carbocycles. The van der Waals surface area contributed by atoms with E-state index in [0.29, 0.717) is 6.20 Å². The number of hydrogen-bond acceptors (Lipinski definition) is 2. The van der Waals surface area contributed by atoms with Gasteiger partial charge in [-0.1, -0.05) is 0 Å². The van der Waals surface area contributed by atoms with Crippen LogP contribution in [0.2, 0.25) is 0 Å². The number of nitrogens with zero attached hydrogens (tertiary/aromatic N) is 2. The molecule has 0 aliphatic heterocycles. The molecule has 0 amide bonds. The molecule has 0 bridgehead atoms. The first-order valence-electron chi connectivity index (χ1n) is 4.97. The van der Waals surface area contributed by atoms with Crippen LogP contribution < -0.4 is 4.90 Å². The van der Waals surface area contributed by atoms with Gasteiger partial charge < -0.3 is 4.90 Å². The minimum atomic E-state index is -4.49. The van der Waals surface area contributed by atoms with Crippen LogP contribution in [0, 0.1) is 0 Å². The summed E-state index contributed by atoms with van der Waals surface area (Å²) in [6.45, 7) is -0.532. The van der Waals surface area contributed by atoms with Crippen molar-refractivity contribution in [2.75, 3.05) is 23.9 Å². The largest absolute Gasteiger partial charge is 0.417 e. The molecule has 0 aromatic carbocycles. The van der Waals surface area contributed by atoms with Crippen LogP contribution >= 0.6 is 11.6 Å². The smallest absolute Gasteiger partial charge is 0.350 e. The highest BCUT2D eigenvalue weighted by Gasteiger charge is 2.30. The molecule has 1 heterocycles. The molecule has 18 heavy (non-hydrogen) atoms. The van der Waals surface area contributed by atoms with E-state index >= 15 is 0 Å². The van der Waals surface area contributed by atoms with Crippen LogP contribution in [0.15, 0.2) is 18.3 Å². The first kappa shape index (κ1) is 14.9. The maximum Gasteiger partial charge on any atom is 0.417 e. The van der Waals surface area contributed by atoms with E-state index in [1.165, 1.54) is 0 Å². The Bertz CT molecular complexity index is 366. The van der Waals surface area contributed by atoms with Gasteiger partial charge >= 0.3 is 6.18 Å². The van der Waals surface area contributed by atoms with Gasteiger partial charge in [0.05, 0.1) is 12.1 Å². The number of rotatable bonds is 5. The maximum absolute atomic E-state index is 12.3. The first-order valence-corrected chi connectivity index (χ1v) is 5.50. The second-order valence-electron chi connectivity index (χ2n) is 3.43. The van der Waals surface area contributed by atoms with Crippen LogP contribution in [0.4, 0.5) is 27.8 Å². The Morgan fingerprint density at radius 1 is 1.28 bits per heavy atom. The highest BCUT2D eigenvalue weighted by atomic mass is 35.5. The monoisotopic (exact) mass is 288 g/mol. The van der Waals surface area contributed by atoms with Crippen molar-refractivity contribution in [3.05, 3.63) is 23.9 Å². The van der Waals surface area contributed by atoms with Gasteiger partial charge in [0, 0.05) is 18.6 Å². The summed E-state index contributed by atoms with van der Waals surface area (Å²) in [7, 11) is 0. The predicted octanol–water partition coefficient (Wildman–Crippen LogP) is 3.41. The third-order valence-corrected chi connectivity index (χ3v) is 2.28. The molecular formula is C10H10ClF5N2. The van der Waals surface area contributed by atoms with Crippen molar-refractivity contribution in [1.82, 2.24) is 4.98 Å². The number of aromatic nitrogens is 1. The Balaban J connectivity index is 2.86. The van der Waals surface area contributed by atoms with Crippen molar-refractivity contribution in [3.8, 4) is 0 Å². The minimum Gasteiger partial charge on any atom is -0.350 e. The van der Waals surface area contributed by atoms with E-state index in [4.69, 9.17) is 11.6 Å². The second-order valence-corrected chi connectivity index (χ2v) is 3.81. The summed E-state index contributed by atoms with van der Waals surface area (Å²) in [5, 5.41) is 0. The van der Waals surface area contributed by atoms with Crippen molar-refractivity contribution < 1.29 is 22.0 Å². The van der Waals surface area contributed by atoms with E-state index in [0.717, 1.165) is 17.0 Å². The number of hydrogen-bond donors (Lipinski definition) is 0. The third-order valence-electron chi connectivity index (χ3n) is 2.11. The molecule has 0 saturated heterocycles. The van der Waals surface area contributed by atoms with Gasteiger partial charge in [0.2, 0.25) is 0 Å². The second kappa shape index (κ2) is 6.17. The normalized spacial score (nSPS) is 11.9. The average molecular weight is 289 g/mol. The highest BCUT2D eigenvalue weighted by Crippen LogP contribution is 2.29. The molecule has 8 heteroatoms. The SMILES string of the molecule is FC(F)CN(CCCl)c1ccc(C(F)(F)F)cn1. The van der Waals surface area contributed by atoms with Gasteiger partial charge in [-0.05, 0) is 12.1 Å². The fourth-order valence-corrected chi connectivity index (χ4v) is 1.51. The fraction of sp³-hybridized carbons (Fsp3) is 0.500. The van der Waals surface area contributed by atoms with Crippen LogP contribution in [-0.2, 0) is 6.18 Å². The Morgan fingerprint density at radius 3 is 2.33 bits per heavy atom. The zero-order chi connectivity index (χ0) is 13.8. The molecule has 0 radical (unpaired) electrons. The summed E-state index contributed by atoms with van der Waals surface area (Å²) in [6.07, 6.45) is -6.49. The molecule has 2 nitrogen and oxygen atoms in total. The Kier molecular flexibility index (Phi) is 5.13. The first-order chi connectivity index (χ1) is 8.34. The Hall–Kier alpha value is -1.11. The van der Waals surface area contributed by atoms with Crippen LogP contribution in [0.3, 0.4) is 0 Å². The molecule has 0 saturated carbocycles. The van der Waals surface area contributed by atoms with Gasteiger partial charge in [-0.15, -0.1) is 11.6 Å². The predicted molar refractivity (Wildman–Crippen MR) is 58.2 cm³/mol. The third kappa shape index (κ3) is 4.29. The van der Waals surface area contributed by atoms with Gasteiger partial charge in [0.15, 0.2) is 0 Å². The van der Waals surface area contributed by atoms with Crippen molar-refractivity contribution in [1.29, 1.82) is 0 Å². The zero-order valence-electron chi connectivity index (χ0n) is 9.09. The lowest BCUT2D eigenvalue weighted by Gasteiger charge is -2.22. The quantitative estimate of drug-likeness (QED) is 0.610. The molecule has 1 aromatic heterocycles. The zero-order valence-corrected chi connectivity index (χ0v) is 9.85. The van der Waals surface area contributed by atoms with Crippen LogP contribution in [-0.4, -0.2) is 30.4 Å². The standard InChI is InChI=1S/C10H10ClF5N2/c11-3-4-18(6-8(12)13)9-2-1-7(5-17-9)10(14,15)16/h1-2,5,8H,3-4,6H2. The van der Waals surface area contributed by atoms with E-state index < -0.39 is 24.7 Å². The number of anilines is 1. The summed E-state index contributed by atoms with van der Waals surface area (Å²) in [5.74, 6) is 0.124. The number of alkyl halides is 6. The lowest BCUT2D eigenvalue weighted by atomic mass is 10.2. The summed E-state index contributed by atoms with van der Waals surface area (Å²) in [5.41, 5.74) is -0.922. The van der Waals surface area contributed by atoms with Crippen molar-refractivity contribution >= 4 is 17.4 Å². The number of halogens is 6. The molecule has 1 rings (SSSR count). The summed E-state index contributed by atoms with van der Waals surface area (Å²) in [4.78, 5) is 4.67. The molecule has 0 atom stereocenters. The van der Waals surface area contributed by atoms with E-state index in [-0.39, 0.29) is 18.2 Å².